The van der Waals surface area contributed by atoms with Crippen molar-refractivity contribution in [1.82, 2.24) is 5.32 Å². The number of nitrogens with zero attached hydrogens (tertiary/aromatic N) is 1. The first-order chi connectivity index (χ1) is 9.28. The number of benzene rings is 1. The Kier molecular flexibility index (Phi) is 3.96. The molecule has 3 rings (SSSR count). The quantitative estimate of drug-likeness (QED) is 0.806. The number of halogens is 1. The van der Waals surface area contributed by atoms with E-state index in [1.54, 1.807) is 0 Å². The third kappa shape index (κ3) is 3.41. The van der Waals surface area contributed by atoms with Crippen LogP contribution in [-0.4, -0.2) is 30.3 Å². The molecule has 0 aliphatic heterocycles. The second kappa shape index (κ2) is 5.70. The van der Waals surface area contributed by atoms with Gasteiger partial charge in [0.15, 0.2) is 0 Å². The van der Waals surface area contributed by atoms with Gasteiger partial charge in [-0.25, -0.2) is 0 Å². The molecular formula is C15H21ClN2O. The Morgan fingerprint density at radius 2 is 2.05 bits per heavy atom. The molecule has 4 heteroatoms. The van der Waals surface area contributed by atoms with Crippen LogP contribution in [0.1, 0.15) is 31.2 Å². The Morgan fingerprint density at radius 3 is 2.68 bits per heavy atom. The van der Waals surface area contributed by atoms with Gasteiger partial charge in [0.2, 0.25) is 0 Å². The second-order valence-electron chi connectivity index (χ2n) is 5.58. The summed E-state index contributed by atoms with van der Waals surface area (Å²) in [6, 6.07) is 7.40. The van der Waals surface area contributed by atoms with Gasteiger partial charge in [0.05, 0.1) is 6.61 Å². The highest BCUT2D eigenvalue weighted by atomic mass is 35.5. The van der Waals surface area contributed by atoms with Gasteiger partial charge in [-0.1, -0.05) is 11.6 Å². The van der Waals surface area contributed by atoms with E-state index in [4.69, 9.17) is 11.6 Å². The lowest BCUT2D eigenvalue weighted by molar-refractivity contribution is 0.301. The molecule has 0 bridgehead atoms. The number of aliphatic hydroxyl groups is 1. The number of rotatable bonds is 7. The molecule has 0 atom stereocenters. The lowest BCUT2D eigenvalue weighted by Gasteiger charge is -2.26. The van der Waals surface area contributed by atoms with Crippen molar-refractivity contribution in [3.8, 4) is 0 Å². The largest absolute Gasteiger partial charge is 0.395 e. The fourth-order valence-corrected chi connectivity index (χ4v) is 2.71. The average molecular weight is 281 g/mol. The van der Waals surface area contributed by atoms with Crippen molar-refractivity contribution < 1.29 is 5.11 Å². The molecule has 2 aliphatic carbocycles. The highest BCUT2D eigenvalue weighted by Gasteiger charge is 2.30. The third-order valence-electron chi connectivity index (χ3n) is 3.84. The maximum Gasteiger partial charge on any atom is 0.0606 e. The summed E-state index contributed by atoms with van der Waals surface area (Å²) in [6.45, 7) is 1.78. The van der Waals surface area contributed by atoms with Crippen LogP contribution >= 0.6 is 11.6 Å². The van der Waals surface area contributed by atoms with Crippen LogP contribution < -0.4 is 10.2 Å². The van der Waals surface area contributed by atoms with Crippen LogP contribution in [0.25, 0.3) is 0 Å². The highest BCUT2D eigenvalue weighted by Crippen LogP contribution is 2.34. The van der Waals surface area contributed by atoms with E-state index in [1.165, 1.54) is 36.9 Å². The first kappa shape index (κ1) is 13.2. The first-order valence-corrected chi connectivity index (χ1v) is 7.55. The summed E-state index contributed by atoms with van der Waals surface area (Å²) in [6.07, 6.45) is 5.05. The van der Waals surface area contributed by atoms with E-state index in [1.807, 2.05) is 6.07 Å². The predicted molar refractivity (Wildman–Crippen MR) is 78.8 cm³/mol. The summed E-state index contributed by atoms with van der Waals surface area (Å²) >= 11 is 6.13. The maximum atomic E-state index is 9.26. The zero-order valence-electron chi connectivity index (χ0n) is 11.1. The fraction of sp³-hybridized carbons (Fsp3) is 0.600. The van der Waals surface area contributed by atoms with Crippen molar-refractivity contribution in [1.29, 1.82) is 0 Å². The molecule has 19 heavy (non-hydrogen) atoms. The van der Waals surface area contributed by atoms with Crippen LogP contribution in [0.3, 0.4) is 0 Å². The van der Waals surface area contributed by atoms with E-state index in [9.17, 15) is 5.11 Å². The molecule has 0 spiro atoms. The van der Waals surface area contributed by atoms with Crippen molar-refractivity contribution in [2.24, 2.45) is 0 Å². The topological polar surface area (TPSA) is 35.5 Å². The van der Waals surface area contributed by atoms with E-state index in [0.29, 0.717) is 18.6 Å². The van der Waals surface area contributed by atoms with Gasteiger partial charge < -0.3 is 15.3 Å². The van der Waals surface area contributed by atoms with Gasteiger partial charge in [-0.2, -0.15) is 0 Å². The van der Waals surface area contributed by atoms with Crippen molar-refractivity contribution >= 4 is 17.3 Å². The van der Waals surface area contributed by atoms with Gasteiger partial charge in [0.25, 0.3) is 0 Å². The van der Waals surface area contributed by atoms with E-state index < -0.39 is 0 Å². The van der Waals surface area contributed by atoms with E-state index in [2.05, 4.69) is 22.3 Å². The van der Waals surface area contributed by atoms with Gasteiger partial charge in [-0.3, -0.25) is 0 Å². The van der Waals surface area contributed by atoms with Crippen LogP contribution in [-0.2, 0) is 6.54 Å². The lowest BCUT2D eigenvalue weighted by Crippen LogP contribution is -2.30. The number of hydrogen-bond acceptors (Lipinski definition) is 3. The lowest BCUT2D eigenvalue weighted by atomic mass is 10.1. The average Bonchev–Trinajstić information content (AvgIpc) is 3.28. The predicted octanol–water partition coefficient (Wildman–Crippen LogP) is 2.55. The van der Waals surface area contributed by atoms with Gasteiger partial charge in [0.1, 0.15) is 0 Å². The molecule has 2 aliphatic rings. The van der Waals surface area contributed by atoms with Gasteiger partial charge in [0, 0.05) is 35.9 Å². The molecular weight excluding hydrogens is 260 g/mol. The van der Waals surface area contributed by atoms with Crippen molar-refractivity contribution in [3.05, 3.63) is 28.8 Å². The second-order valence-corrected chi connectivity index (χ2v) is 6.01. The standard InChI is InChI=1S/C15H21ClN2O/c16-12-1-6-15(18(7-8-19)14-4-5-14)11(9-12)10-17-13-2-3-13/h1,6,9,13-14,17,19H,2-5,7-8,10H2. The van der Waals surface area contributed by atoms with Crippen LogP contribution in [0, 0.1) is 0 Å². The molecule has 104 valence electrons. The zero-order valence-corrected chi connectivity index (χ0v) is 11.9. The van der Waals surface area contributed by atoms with Gasteiger partial charge in [-0.15, -0.1) is 0 Å². The maximum absolute atomic E-state index is 9.26. The first-order valence-electron chi connectivity index (χ1n) is 7.17. The molecule has 0 amide bonds. The summed E-state index contributed by atoms with van der Waals surface area (Å²) in [5.41, 5.74) is 2.48. The molecule has 2 saturated carbocycles. The minimum atomic E-state index is 0.203. The van der Waals surface area contributed by atoms with Crippen LogP contribution in [0.5, 0.6) is 0 Å². The fourth-order valence-electron chi connectivity index (χ4n) is 2.51. The Balaban J connectivity index is 1.79. The SMILES string of the molecule is OCCN(c1ccc(Cl)cc1CNC1CC1)C1CC1. The molecule has 0 heterocycles. The molecule has 0 unspecified atom stereocenters. The molecule has 1 aromatic carbocycles. The molecule has 0 saturated heterocycles. The number of aliphatic hydroxyl groups excluding tert-OH is 1. The minimum Gasteiger partial charge on any atom is -0.395 e. The van der Waals surface area contributed by atoms with Crippen molar-refractivity contribution in [2.75, 3.05) is 18.1 Å². The summed E-state index contributed by atoms with van der Waals surface area (Å²) in [5.74, 6) is 0. The van der Waals surface area contributed by atoms with Crippen molar-refractivity contribution in [2.45, 2.75) is 44.3 Å². The van der Waals surface area contributed by atoms with E-state index >= 15 is 0 Å². The van der Waals surface area contributed by atoms with Crippen LogP contribution in [0.4, 0.5) is 5.69 Å². The Labute approximate surface area is 119 Å². The van der Waals surface area contributed by atoms with Crippen LogP contribution in [0.15, 0.2) is 18.2 Å². The summed E-state index contributed by atoms with van der Waals surface area (Å²) in [4.78, 5) is 2.33. The van der Waals surface area contributed by atoms with Crippen molar-refractivity contribution in [3.63, 3.8) is 0 Å². The Hall–Kier alpha value is -0.770. The van der Waals surface area contributed by atoms with Gasteiger partial charge in [-0.05, 0) is 49.4 Å². The Morgan fingerprint density at radius 1 is 1.26 bits per heavy atom. The molecule has 3 nitrogen and oxygen atoms in total. The number of nitrogens with one attached hydrogen (secondary N) is 1. The molecule has 0 radical (unpaired) electrons. The zero-order chi connectivity index (χ0) is 13.2. The van der Waals surface area contributed by atoms with E-state index in [0.717, 1.165) is 11.6 Å². The monoisotopic (exact) mass is 280 g/mol. The summed E-state index contributed by atoms with van der Waals surface area (Å²) in [7, 11) is 0. The highest BCUT2D eigenvalue weighted by molar-refractivity contribution is 6.30. The normalized spacial score (nSPS) is 18.6. The number of anilines is 1. The molecule has 0 aromatic heterocycles. The number of hydrogen-bond donors (Lipinski definition) is 2. The van der Waals surface area contributed by atoms with Crippen LogP contribution in [0.2, 0.25) is 5.02 Å². The molecule has 2 fully saturated rings. The molecule has 1 aromatic rings. The third-order valence-corrected chi connectivity index (χ3v) is 4.07. The smallest absolute Gasteiger partial charge is 0.0606 e. The summed E-state index contributed by atoms with van der Waals surface area (Å²) < 4.78 is 0. The molecule has 2 N–H and O–H groups in total. The van der Waals surface area contributed by atoms with Gasteiger partial charge >= 0.3 is 0 Å². The Bertz CT molecular complexity index is 444. The summed E-state index contributed by atoms with van der Waals surface area (Å²) in [5, 5.41) is 13.6. The minimum absolute atomic E-state index is 0.203. The van der Waals surface area contributed by atoms with E-state index in [-0.39, 0.29) is 6.61 Å².